The average Bonchev–Trinajstić information content (AvgIpc) is 2.88. The van der Waals surface area contributed by atoms with E-state index in [0.29, 0.717) is 6.04 Å². The molecule has 0 aliphatic heterocycles. The summed E-state index contributed by atoms with van der Waals surface area (Å²) < 4.78 is 5.61. The lowest BCUT2D eigenvalue weighted by Crippen LogP contribution is -2.21. The number of aryl methyl sites for hydroxylation is 2. The van der Waals surface area contributed by atoms with Crippen molar-refractivity contribution < 1.29 is 4.74 Å². The molecule has 1 atom stereocenters. The maximum atomic E-state index is 5.61. The zero-order valence-electron chi connectivity index (χ0n) is 12.8. The van der Waals surface area contributed by atoms with Crippen LogP contribution in [-0.4, -0.2) is 14.2 Å². The van der Waals surface area contributed by atoms with Gasteiger partial charge in [0.25, 0.3) is 0 Å². The SMILES string of the molecule is CNC(CC1CCCC1)c1c(C)cc(C)cc1OC. The van der Waals surface area contributed by atoms with Gasteiger partial charge in [-0.05, 0) is 50.4 Å². The van der Waals surface area contributed by atoms with E-state index >= 15 is 0 Å². The molecule has 1 N–H and O–H groups in total. The summed E-state index contributed by atoms with van der Waals surface area (Å²) in [7, 11) is 3.85. The number of hydrogen-bond donors (Lipinski definition) is 1. The van der Waals surface area contributed by atoms with Crippen LogP contribution >= 0.6 is 0 Å². The Morgan fingerprint density at radius 3 is 2.53 bits per heavy atom. The van der Waals surface area contributed by atoms with Crippen molar-refractivity contribution in [2.24, 2.45) is 5.92 Å². The number of methoxy groups -OCH3 is 1. The van der Waals surface area contributed by atoms with Gasteiger partial charge in [0.1, 0.15) is 5.75 Å². The Bertz CT molecular complexity index is 422. The van der Waals surface area contributed by atoms with Crippen LogP contribution in [0, 0.1) is 19.8 Å². The average molecular weight is 261 g/mol. The van der Waals surface area contributed by atoms with E-state index in [1.54, 1.807) is 7.11 Å². The molecule has 1 unspecified atom stereocenters. The molecule has 1 saturated carbocycles. The van der Waals surface area contributed by atoms with Crippen LogP contribution in [0.25, 0.3) is 0 Å². The van der Waals surface area contributed by atoms with Gasteiger partial charge in [-0.1, -0.05) is 31.7 Å². The van der Waals surface area contributed by atoms with Crippen molar-refractivity contribution in [1.29, 1.82) is 0 Å². The van der Waals surface area contributed by atoms with Crippen LogP contribution in [0.2, 0.25) is 0 Å². The summed E-state index contributed by atoms with van der Waals surface area (Å²) in [6.07, 6.45) is 6.84. The number of hydrogen-bond acceptors (Lipinski definition) is 2. The third-order valence-corrected chi connectivity index (χ3v) is 4.45. The lowest BCUT2D eigenvalue weighted by Gasteiger charge is -2.24. The molecule has 1 fully saturated rings. The van der Waals surface area contributed by atoms with Crippen molar-refractivity contribution in [3.8, 4) is 5.75 Å². The van der Waals surface area contributed by atoms with E-state index in [-0.39, 0.29) is 0 Å². The highest BCUT2D eigenvalue weighted by molar-refractivity contribution is 5.45. The van der Waals surface area contributed by atoms with Gasteiger partial charge in [-0.3, -0.25) is 0 Å². The Morgan fingerprint density at radius 2 is 1.95 bits per heavy atom. The molecule has 2 nitrogen and oxygen atoms in total. The topological polar surface area (TPSA) is 21.3 Å². The quantitative estimate of drug-likeness (QED) is 0.859. The molecular weight excluding hydrogens is 234 g/mol. The Hall–Kier alpha value is -1.02. The summed E-state index contributed by atoms with van der Waals surface area (Å²) in [6, 6.07) is 4.83. The highest BCUT2D eigenvalue weighted by atomic mass is 16.5. The maximum absolute atomic E-state index is 5.61. The Balaban J connectivity index is 2.25. The highest BCUT2D eigenvalue weighted by Crippen LogP contribution is 2.37. The van der Waals surface area contributed by atoms with E-state index in [2.05, 4.69) is 38.3 Å². The van der Waals surface area contributed by atoms with E-state index in [9.17, 15) is 0 Å². The van der Waals surface area contributed by atoms with Crippen LogP contribution < -0.4 is 10.1 Å². The van der Waals surface area contributed by atoms with Crippen LogP contribution in [0.15, 0.2) is 12.1 Å². The second kappa shape index (κ2) is 6.42. The van der Waals surface area contributed by atoms with Gasteiger partial charge in [-0.15, -0.1) is 0 Å². The Labute approximate surface area is 117 Å². The molecule has 2 heteroatoms. The molecule has 106 valence electrons. The van der Waals surface area contributed by atoms with Crippen molar-refractivity contribution in [1.82, 2.24) is 5.32 Å². The predicted octanol–water partition coefficient (Wildman–Crippen LogP) is 4.15. The second-order valence-electron chi connectivity index (χ2n) is 5.93. The Morgan fingerprint density at radius 1 is 1.26 bits per heavy atom. The van der Waals surface area contributed by atoms with Gasteiger partial charge in [0, 0.05) is 11.6 Å². The number of nitrogens with one attached hydrogen (secondary N) is 1. The molecule has 0 aromatic heterocycles. The summed E-state index contributed by atoms with van der Waals surface area (Å²) in [4.78, 5) is 0. The van der Waals surface area contributed by atoms with Gasteiger partial charge in [0.05, 0.1) is 7.11 Å². The molecule has 1 aromatic rings. The second-order valence-corrected chi connectivity index (χ2v) is 5.93. The van der Waals surface area contributed by atoms with Gasteiger partial charge in [0.2, 0.25) is 0 Å². The lowest BCUT2D eigenvalue weighted by molar-refractivity contribution is 0.376. The zero-order chi connectivity index (χ0) is 13.8. The zero-order valence-corrected chi connectivity index (χ0v) is 12.8. The summed E-state index contributed by atoms with van der Waals surface area (Å²) in [5.74, 6) is 1.91. The van der Waals surface area contributed by atoms with Gasteiger partial charge in [0.15, 0.2) is 0 Å². The van der Waals surface area contributed by atoms with Crippen molar-refractivity contribution in [3.63, 3.8) is 0 Å². The van der Waals surface area contributed by atoms with E-state index in [1.807, 2.05) is 0 Å². The fraction of sp³-hybridized carbons (Fsp3) is 0.647. The number of benzene rings is 1. The van der Waals surface area contributed by atoms with Crippen LogP contribution in [0.1, 0.15) is 54.8 Å². The smallest absolute Gasteiger partial charge is 0.124 e. The van der Waals surface area contributed by atoms with Crippen molar-refractivity contribution in [2.75, 3.05) is 14.2 Å². The molecule has 0 spiro atoms. The molecule has 1 aliphatic carbocycles. The van der Waals surface area contributed by atoms with Crippen molar-refractivity contribution in [2.45, 2.75) is 52.0 Å². The molecule has 0 saturated heterocycles. The standard InChI is InChI=1S/C17H27NO/c1-12-9-13(2)17(16(10-12)19-4)15(18-3)11-14-7-5-6-8-14/h9-10,14-15,18H,5-8,11H2,1-4H3. The molecule has 0 amide bonds. The minimum absolute atomic E-state index is 0.415. The number of rotatable bonds is 5. The first kappa shape index (κ1) is 14.4. The molecule has 0 bridgehead atoms. The van der Waals surface area contributed by atoms with Crippen LogP contribution in [0.4, 0.5) is 0 Å². The largest absolute Gasteiger partial charge is 0.496 e. The minimum Gasteiger partial charge on any atom is -0.496 e. The minimum atomic E-state index is 0.415. The molecule has 0 radical (unpaired) electrons. The van der Waals surface area contributed by atoms with Crippen LogP contribution in [-0.2, 0) is 0 Å². The first-order chi connectivity index (χ1) is 9.15. The molecule has 19 heavy (non-hydrogen) atoms. The van der Waals surface area contributed by atoms with Crippen molar-refractivity contribution in [3.05, 3.63) is 28.8 Å². The van der Waals surface area contributed by atoms with Crippen LogP contribution in [0.5, 0.6) is 5.75 Å². The summed E-state index contributed by atoms with van der Waals surface area (Å²) in [6.45, 7) is 4.33. The summed E-state index contributed by atoms with van der Waals surface area (Å²) >= 11 is 0. The van der Waals surface area contributed by atoms with Gasteiger partial charge in [-0.25, -0.2) is 0 Å². The fourth-order valence-corrected chi connectivity index (χ4v) is 3.51. The van der Waals surface area contributed by atoms with Crippen LogP contribution in [0.3, 0.4) is 0 Å². The highest BCUT2D eigenvalue weighted by Gasteiger charge is 2.23. The first-order valence-corrected chi connectivity index (χ1v) is 7.48. The molecule has 0 heterocycles. The first-order valence-electron chi connectivity index (χ1n) is 7.48. The predicted molar refractivity (Wildman–Crippen MR) is 80.8 cm³/mol. The molecule has 1 aliphatic rings. The molecule has 2 rings (SSSR count). The van der Waals surface area contributed by atoms with E-state index in [0.717, 1.165) is 11.7 Å². The normalized spacial score (nSPS) is 17.7. The van der Waals surface area contributed by atoms with Crippen molar-refractivity contribution >= 4 is 0 Å². The molecule has 1 aromatic carbocycles. The fourth-order valence-electron chi connectivity index (χ4n) is 3.51. The third kappa shape index (κ3) is 3.30. The summed E-state index contributed by atoms with van der Waals surface area (Å²) in [5, 5.41) is 3.50. The summed E-state index contributed by atoms with van der Waals surface area (Å²) in [5.41, 5.74) is 3.96. The van der Waals surface area contributed by atoms with E-state index in [4.69, 9.17) is 4.74 Å². The lowest BCUT2D eigenvalue weighted by atomic mass is 9.90. The number of ether oxygens (including phenoxy) is 1. The molecular formula is C17H27NO. The van der Waals surface area contributed by atoms with Gasteiger partial charge >= 0.3 is 0 Å². The Kier molecular flexibility index (Phi) is 4.87. The van der Waals surface area contributed by atoms with E-state index in [1.165, 1.54) is 48.8 Å². The van der Waals surface area contributed by atoms with Gasteiger partial charge < -0.3 is 10.1 Å². The maximum Gasteiger partial charge on any atom is 0.124 e. The monoisotopic (exact) mass is 261 g/mol. The third-order valence-electron chi connectivity index (χ3n) is 4.45. The van der Waals surface area contributed by atoms with Gasteiger partial charge in [-0.2, -0.15) is 0 Å². The van der Waals surface area contributed by atoms with E-state index < -0.39 is 0 Å².